The van der Waals surface area contributed by atoms with Crippen LogP contribution in [0.4, 0.5) is 5.00 Å². The first-order valence-electron chi connectivity index (χ1n) is 9.30. The predicted octanol–water partition coefficient (Wildman–Crippen LogP) is 1.73. The van der Waals surface area contributed by atoms with Crippen LogP contribution in [0.15, 0.2) is 51.7 Å². The molecule has 2 N–H and O–H groups in total. The van der Waals surface area contributed by atoms with Crippen molar-refractivity contribution in [3.05, 3.63) is 47.3 Å². The van der Waals surface area contributed by atoms with Gasteiger partial charge in [-0.3, -0.25) is 4.99 Å². The molecule has 0 spiro atoms. The summed E-state index contributed by atoms with van der Waals surface area (Å²) in [6.45, 7) is 6.36. The number of anilines is 1. The average molecular weight is 422 g/mol. The van der Waals surface area contributed by atoms with Crippen molar-refractivity contribution in [2.24, 2.45) is 4.99 Å². The Kier molecular flexibility index (Phi) is 6.93. The number of aliphatic imine (C=N–C) groups is 1. The van der Waals surface area contributed by atoms with E-state index in [-0.39, 0.29) is 4.90 Å². The molecule has 0 bridgehead atoms. The second-order valence-electron chi connectivity index (χ2n) is 6.61. The van der Waals surface area contributed by atoms with Crippen LogP contribution < -0.4 is 14.9 Å². The van der Waals surface area contributed by atoms with E-state index in [1.807, 2.05) is 6.92 Å². The summed E-state index contributed by atoms with van der Waals surface area (Å²) in [5.74, 6) is 0.806. The summed E-state index contributed by atoms with van der Waals surface area (Å²) < 4.78 is 27.3. The van der Waals surface area contributed by atoms with Crippen LogP contribution in [0.2, 0.25) is 0 Å². The van der Waals surface area contributed by atoms with E-state index in [1.54, 1.807) is 42.6 Å². The van der Waals surface area contributed by atoms with Gasteiger partial charge in [0.05, 0.1) is 9.90 Å². The Bertz CT molecular complexity index is 872. The van der Waals surface area contributed by atoms with Crippen molar-refractivity contribution in [2.75, 3.05) is 51.2 Å². The Hall–Kier alpha value is -2.10. The smallest absolute Gasteiger partial charge is 0.240 e. The molecule has 1 aliphatic heterocycles. The maximum atomic E-state index is 12.3. The Morgan fingerprint density at radius 3 is 2.43 bits per heavy atom. The lowest BCUT2D eigenvalue weighted by Gasteiger charge is -2.37. The first kappa shape index (κ1) is 20.6. The van der Waals surface area contributed by atoms with Crippen LogP contribution in [-0.2, 0) is 10.0 Å². The monoisotopic (exact) mass is 421 g/mol. The van der Waals surface area contributed by atoms with Crippen molar-refractivity contribution in [3.63, 3.8) is 0 Å². The summed E-state index contributed by atoms with van der Waals surface area (Å²) >= 11 is 1.76. The van der Waals surface area contributed by atoms with E-state index in [1.165, 1.54) is 5.00 Å². The molecule has 3 rings (SSSR count). The zero-order chi connectivity index (χ0) is 20.0. The van der Waals surface area contributed by atoms with E-state index in [2.05, 4.69) is 42.3 Å². The fourth-order valence-corrected chi connectivity index (χ4v) is 4.90. The summed E-state index contributed by atoms with van der Waals surface area (Å²) in [5.41, 5.74) is 1.03. The molecule has 0 aliphatic carbocycles. The normalized spacial score (nSPS) is 15.7. The molecule has 28 heavy (non-hydrogen) atoms. The molecule has 0 unspecified atom stereocenters. The van der Waals surface area contributed by atoms with Crippen LogP contribution in [0.25, 0.3) is 0 Å². The number of benzene rings is 1. The van der Waals surface area contributed by atoms with Gasteiger partial charge >= 0.3 is 0 Å². The minimum atomic E-state index is -3.49. The van der Waals surface area contributed by atoms with Gasteiger partial charge in [-0.05, 0) is 36.6 Å². The van der Waals surface area contributed by atoms with Crippen LogP contribution in [-0.4, -0.2) is 65.6 Å². The highest BCUT2D eigenvalue weighted by atomic mass is 32.2. The van der Waals surface area contributed by atoms with E-state index in [9.17, 15) is 8.42 Å². The first-order valence-corrected chi connectivity index (χ1v) is 11.7. The molecule has 1 aliphatic rings. The topological polar surface area (TPSA) is 77.0 Å². The van der Waals surface area contributed by atoms with E-state index in [0.717, 1.165) is 37.7 Å². The summed E-state index contributed by atoms with van der Waals surface area (Å²) in [7, 11) is -1.73. The summed E-state index contributed by atoms with van der Waals surface area (Å²) in [5, 5.41) is 6.65. The number of piperazine rings is 1. The van der Waals surface area contributed by atoms with Crippen molar-refractivity contribution < 1.29 is 8.42 Å². The zero-order valence-corrected chi connectivity index (χ0v) is 17.9. The van der Waals surface area contributed by atoms with Crippen LogP contribution in [0.3, 0.4) is 0 Å². The van der Waals surface area contributed by atoms with E-state index < -0.39 is 10.0 Å². The molecule has 0 atom stereocenters. The predicted molar refractivity (Wildman–Crippen MR) is 116 cm³/mol. The van der Waals surface area contributed by atoms with Gasteiger partial charge in [0.25, 0.3) is 0 Å². The Morgan fingerprint density at radius 1 is 1.11 bits per heavy atom. The first-order chi connectivity index (χ1) is 13.5. The fourth-order valence-electron chi connectivity index (χ4n) is 3.08. The number of nitrogens with zero attached hydrogens (tertiary/aromatic N) is 3. The highest BCUT2D eigenvalue weighted by Crippen LogP contribution is 2.22. The number of hydrogen-bond acceptors (Lipinski definition) is 5. The van der Waals surface area contributed by atoms with Crippen LogP contribution in [0.1, 0.15) is 5.56 Å². The number of guanidine groups is 1. The van der Waals surface area contributed by atoms with Crippen molar-refractivity contribution in [1.29, 1.82) is 0 Å². The fraction of sp³-hybridized carbons (Fsp3) is 0.421. The van der Waals surface area contributed by atoms with E-state index >= 15 is 0 Å². The van der Waals surface area contributed by atoms with Gasteiger partial charge in [0.15, 0.2) is 5.96 Å². The summed E-state index contributed by atoms with van der Waals surface area (Å²) in [6.07, 6.45) is 0. The van der Waals surface area contributed by atoms with Gasteiger partial charge < -0.3 is 15.1 Å². The average Bonchev–Trinajstić information content (AvgIpc) is 3.23. The van der Waals surface area contributed by atoms with Crippen molar-refractivity contribution in [3.8, 4) is 0 Å². The molecule has 2 heterocycles. The van der Waals surface area contributed by atoms with E-state index in [4.69, 9.17) is 0 Å². The lowest BCUT2D eigenvalue weighted by Crippen LogP contribution is -2.53. The third-order valence-electron chi connectivity index (χ3n) is 4.64. The molecular weight excluding hydrogens is 394 g/mol. The molecule has 9 heteroatoms. The summed E-state index contributed by atoms with van der Waals surface area (Å²) in [4.78, 5) is 9.21. The SMILES string of the molecule is CN=C(NCCNS(=O)(=O)c1ccc(C)cc1)N1CCN(c2cccs2)CC1. The number of rotatable bonds is 6. The van der Waals surface area contributed by atoms with Crippen LogP contribution >= 0.6 is 11.3 Å². The molecule has 0 radical (unpaired) electrons. The standard InChI is InChI=1S/C19H27N5O2S2/c1-16-5-7-17(8-6-16)28(25,26)22-10-9-21-19(20-2)24-13-11-23(12-14-24)18-4-3-15-27-18/h3-8,15,22H,9-14H2,1-2H3,(H,20,21). The molecule has 1 aromatic carbocycles. The highest BCUT2D eigenvalue weighted by molar-refractivity contribution is 7.89. The van der Waals surface area contributed by atoms with Crippen molar-refractivity contribution in [1.82, 2.24) is 14.9 Å². The summed E-state index contributed by atoms with van der Waals surface area (Å²) in [6, 6.07) is 11.1. The van der Waals surface area contributed by atoms with Crippen molar-refractivity contribution in [2.45, 2.75) is 11.8 Å². The number of thiophene rings is 1. The molecule has 152 valence electrons. The van der Waals surface area contributed by atoms with Gasteiger partial charge in [0, 0.05) is 46.3 Å². The third-order valence-corrected chi connectivity index (χ3v) is 7.05. The molecule has 1 saturated heterocycles. The minimum Gasteiger partial charge on any atom is -0.360 e. The number of nitrogens with one attached hydrogen (secondary N) is 2. The minimum absolute atomic E-state index is 0.284. The van der Waals surface area contributed by atoms with Crippen LogP contribution in [0, 0.1) is 6.92 Å². The quantitative estimate of drug-likeness (QED) is 0.422. The second-order valence-corrected chi connectivity index (χ2v) is 9.30. The lowest BCUT2D eigenvalue weighted by molar-refractivity contribution is 0.374. The van der Waals surface area contributed by atoms with Crippen molar-refractivity contribution >= 4 is 32.3 Å². The Labute approximate surface area is 171 Å². The van der Waals surface area contributed by atoms with Gasteiger partial charge in [-0.15, -0.1) is 11.3 Å². The molecule has 7 nitrogen and oxygen atoms in total. The maximum absolute atomic E-state index is 12.3. The molecule has 1 aromatic heterocycles. The van der Waals surface area contributed by atoms with Gasteiger partial charge in [0.1, 0.15) is 0 Å². The van der Waals surface area contributed by atoms with Gasteiger partial charge in [-0.25, -0.2) is 13.1 Å². The largest absolute Gasteiger partial charge is 0.360 e. The van der Waals surface area contributed by atoms with Gasteiger partial charge in [0.2, 0.25) is 10.0 Å². The van der Waals surface area contributed by atoms with E-state index in [0.29, 0.717) is 13.1 Å². The van der Waals surface area contributed by atoms with Gasteiger partial charge in [-0.2, -0.15) is 0 Å². The second kappa shape index (κ2) is 9.40. The molecule has 2 aromatic rings. The molecule has 0 amide bonds. The zero-order valence-electron chi connectivity index (χ0n) is 16.3. The maximum Gasteiger partial charge on any atom is 0.240 e. The third kappa shape index (κ3) is 5.24. The Morgan fingerprint density at radius 2 is 1.82 bits per heavy atom. The molecule has 1 fully saturated rings. The number of sulfonamides is 1. The van der Waals surface area contributed by atoms with Gasteiger partial charge in [-0.1, -0.05) is 17.7 Å². The Balaban J connectivity index is 1.44. The lowest BCUT2D eigenvalue weighted by atomic mass is 10.2. The molecular formula is C19H27N5O2S2. The number of aryl methyl sites for hydroxylation is 1. The molecule has 0 saturated carbocycles. The highest BCUT2D eigenvalue weighted by Gasteiger charge is 2.20. The number of hydrogen-bond donors (Lipinski definition) is 2. The van der Waals surface area contributed by atoms with Crippen LogP contribution in [0.5, 0.6) is 0 Å².